The van der Waals surface area contributed by atoms with E-state index in [1.54, 1.807) is 4.57 Å². The summed E-state index contributed by atoms with van der Waals surface area (Å²) in [5.74, 6) is -0.442. The van der Waals surface area contributed by atoms with Crippen molar-refractivity contribution in [1.82, 2.24) is 9.55 Å². The zero-order valence-electron chi connectivity index (χ0n) is 10.1. The summed E-state index contributed by atoms with van der Waals surface area (Å²) in [6.07, 6.45) is 3.13. The van der Waals surface area contributed by atoms with Gasteiger partial charge in [-0.1, -0.05) is 6.92 Å². The normalized spacial score (nSPS) is 18.8. The van der Waals surface area contributed by atoms with Crippen LogP contribution in [-0.2, 0) is 12.8 Å². The van der Waals surface area contributed by atoms with E-state index in [2.05, 4.69) is 4.98 Å². The van der Waals surface area contributed by atoms with E-state index in [0.29, 0.717) is 12.1 Å². The lowest BCUT2D eigenvalue weighted by atomic mass is 10.0. The van der Waals surface area contributed by atoms with E-state index in [1.807, 2.05) is 13.8 Å². The third-order valence-corrected chi connectivity index (χ3v) is 3.28. The predicted octanol–water partition coefficient (Wildman–Crippen LogP) is 1.40. The van der Waals surface area contributed by atoms with E-state index in [4.69, 9.17) is 5.11 Å². The number of carboxylic acids is 1. The summed E-state index contributed by atoms with van der Waals surface area (Å²) in [6.45, 7) is 3.75. The van der Waals surface area contributed by atoms with E-state index in [1.165, 1.54) is 0 Å². The van der Waals surface area contributed by atoms with Crippen LogP contribution >= 0.6 is 0 Å². The largest absolute Gasteiger partial charge is 0.477 e. The van der Waals surface area contributed by atoms with Gasteiger partial charge in [-0.2, -0.15) is 0 Å². The van der Waals surface area contributed by atoms with Crippen molar-refractivity contribution in [1.29, 1.82) is 0 Å². The highest BCUT2D eigenvalue weighted by atomic mass is 16.4. The first-order valence-electron chi connectivity index (χ1n) is 5.93. The van der Waals surface area contributed by atoms with Gasteiger partial charge in [-0.05, 0) is 26.2 Å². The second-order valence-electron chi connectivity index (χ2n) is 4.42. The summed E-state index contributed by atoms with van der Waals surface area (Å²) in [5.41, 5.74) is -0.153. The van der Waals surface area contributed by atoms with Gasteiger partial charge in [0.25, 0.3) is 5.56 Å². The van der Waals surface area contributed by atoms with E-state index < -0.39 is 11.5 Å². The fraction of sp³-hybridized carbons (Fsp3) is 0.583. The third kappa shape index (κ3) is 1.85. The van der Waals surface area contributed by atoms with Gasteiger partial charge in [-0.3, -0.25) is 9.36 Å². The van der Waals surface area contributed by atoms with Gasteiger partial charge in [0.05, 0.1) is 5.69 Å². The van der Waals surface area contributed by atoms with Crippen molar-refractivity contribution < 1.29 is 9.90 Å². The first-order chi connectivity index (χ1) is 8.06. The number of nitrogens with zero attached hydrogens (tertiary/aromatic N) is 2. The molecule has 5 heteroatoms. The number of aromatic nitrogens is 2. The van der Waals surface area contributed by atoms with Crippen molar-refractivity contribution in [3.05, 3.63) is 27.4 Å². The molecule has 2 heterocycles. The van der Waals surface area contributed by atoms with E-state index in [9.17, 15) is 9.59 Å². The minimum atomic E-state index is -1.17. The van der Waals surface area contributed by atoms with Crippen molar-refractivity contribution in [2.75, 3.05) is 0 Å². The van der Waals surface area contributed by atoms with Crippen LogP contribution in [0, 0.1) is 0 Å². The summed E-state index contributed by atoms with van der Waals surface area (Å²) in [7, 11) is 0. The number of carboxylic acid groups (broad SMARTS) is 1. The molecule has 1 aromatic heterocycles. The summed E-state index contributed by atoms with van der Waals surface area (Å²) < 4.78 is 1.55. The fourth-order valence-corrected chi connectivity index (χ4v) is 2.41. The molecule has 17 heavy (non-hydrogen) atoms. The number of carbonyl (C=O) groups is 1. The van der Waals surface area contributed by atoms with Crippen molar-refractivity contribution in [2.45, 2.75) is 45.6 Å². The quantitative estimate of drug-likeness (QED) is 0.842. The SMILES string of the molecule is CCc1nc2n(c(=O)c1C(=O)O)C(C)CCC2. The summed E-state index contributed by atoms with van der Waals surface area (Å²) in [5, 5.41) is 9.11. The van der Waals surface area contributed by atoms with Crippen LogP contribution < -0.4 is 5.56 Å². The monoisotopic (exact) mass is 236 g/mol. The summed E-state index contributed by atoms with van der Waals surface area (Å²) in [4.78, 5) is 27.7. The molecule has 2 rings (SSSR count). The Hall–Kier alpha value is -1.65. The van der Waals surface area contributed by atoms with E-state index >= 15 is 0 Å². The molecule has 0 bridgehead atoms. The molecule has 0 aliphatic carbocycles. The highest BCUT2D eigenvalue weighted by Gasteiger charge is 2.25. The molecule has 0 saturated heterocycles. The van der Waals surface area contributed by atoms with Crippen LogP contribution in [0.5, 0.6) is 0 Å². The second kappa shape index (κ2) is 4.31. The number of hydrogen-bond acceptors (Lipinski definition) is 3. The van der Waals surface area contributed by atoms with E-state index in [0.717, 1.165) is 25.1 Å². The molecule has 92 valence electrons. The summed E-state index contributed by atoms with van der Waals surface area (Å²) in [6, 6.07) is 0.0442. The Morgan fingerprint density at radius 3 is 2.88 bits per heavy atom. The van der Waals surface area contributed by atoms with Crippen molar-refractivity contribution in [3.63, 3.8) is 0 Å². The van der Waals surface area contributed by atoms with Gasteiger partial charge >= 0.3 is 5.97 Å². The highest BCUT2D eigenvalue weighted by Crippen LogP contribution is 2.21. The predicted molar refractivity (Wildman–Crippen MR) is 62.5 cm³/mol. The lowest BCUT2D eigenvalue weighted by molar-refractivity contribution is 0.0691. The molecule has 1 aliphatic heterocycles. The van der Waals surface area contributed by atoms with Crippen molar-refractivity contribution in [2.24, 2.45) is 0 Å². The van der Waals surface area contributed by atoms with Crippen LogP contribution in [0.2, 0.25) is 0 Å². The molecule has 0 aromatic carbocycles. The molecule has 1 atom stereocenters. The molecular weight excluding hydrogens is 220 g/mol. The first kappa shape index (κ1) is 11.8. The molecule has 1 unspecified atom stereocenters. The molecule has 0 saturated carbocycles. The maximum absolute atomic E-state index is 12.2. The minimum Gasteiger partial charge on any atom is -0.477 e. The lowest BCUT2D eigenvalue weighted by Crippen LogP contribution is -2.36. The number of aromatic carboxylic acids is 1. The molecule has 0 amide bonds. The Bertz CT molecular complexity index is 519. The topological polar surface area (TPSA) is 72.2 Å². The van der Waals surface area contributed by atoms with Gasteiger partial charge < -0.3 is 5.11 Å². The van der Waals surface area contributed by atoms with E-state index in [-0.39, 0.29) is 11.6 Å². The first-order valence-corrected chi connectivity index (χ1v) is 5.93. The summed E-state index contributed by atoms with van der Waals surface area (Å²) >= 11 is 0. The van der Waals surface area contributed by atoms with Crippen LogP contribution in [0.4, 0.5) is 0 Å². The zero-order valence-corrected chi connectivity index (χ0v) is 10.1. The standard InChI is InChI=1S/C12H16N2O3/c1-3-8-10(12(16)17)11(15)14-7(2)5-4-6-9(14)13-8/h7H,3-6H2,1-2H3,(H,16,17). The average molecular weight is 236 g/mol. The maximum atomic E-state index is 12.2. The van der Waals surface area contributed by atoms with Gasteiger partial charge in [0.15, 0.2) is 0 Å². The molecule has 1 N–H and O–H groups in total. The van der Waals surface area contributed by atoms with Crippen LogP contribution in [0.3, 0.4) is 0 Å². The lowest BCUT2D eigenvalue weighted by Gasteiger charge is -2.25. The second-order valence-corrected chi connectivity index (χ2v) is 4.42. The smallest absolute Gasteiger partial charge is 0.343 e. The maximum Gasteiger partial charge on any atom is 0.343 e. The van der Waals surface area contributed by atoms with Crippen LogP contribution in [-0.4, -0.2) is 20.6 Å². The van der Waals surface area contributed by atoms with Crippen molar-refractivity contribution in [3.8, 4) is 0 Å². The Morgan fingerprint density at radius 2 is 2.29 bits per heavy atom. The molecule has 1 aliphatic rings. The zero-order chi connectivity index (χ0) is 12.6. The third-order valence-electron chi connectivity index (χ3n) is 3.28. The molecule has 5 nitrogen and oxygen atoms in total. The average Bonchev–Trinajstić information content (AvgIpc) is 2.27. The van der Waals surface area contributed by atoms with Crippen LogP contribution in [0.15, 0.2) is 4.79 Å². The van der Waals surface area contributed by atoms with Crippen LogP contribution in [0.1, 0.15) is 54.6 Å². The van der Waals surface area contributed by atoms with Gasteiger partial charge in [-0.25, -0.2) is 9.78 Å². The minimum absolute atomic E-state index is 0.0442. The van der Waals surface area contributed by atoms with Gasteiger partial charge in [0.2, 0.25) is 0 Å². The number of fused-ring (bicyclic) bond motifs is 1. The number of hydrogen-bond donors (Lipinski definition) is 1. The molecular formula is C12H16N2O3. The Labute approximate surface area is 99.1 Å². The number of rotatable bonds is 2. The fourth-order valence-electron chi connectivity index (χ4n) is 2.41. The Kier molecular flexibility index (Phi) is 3.00. The molecule has 1 aromatic rings. The van der Waals surface area contributed by atoms with Crippen molar-refractivity contribution >= 4 is 5.97 Å². The van der Waals surface area contributed by atoms with Gasteiger partial charge in [0, 0.05) is 12.5 Å². The number of aryl methyl sites for hydroxylation is 2. The molecule has 0 radical (unpaired) electrons. The van der Waals surface area contributed by atoms with Gasteiger partial charge in [0.1, 0.15) is 11.4 Å². The molecule has 0 fully saturated rings. The highest BCUT2D eigenvalue weighted by molar-refractivity contribution is 5.88. The molecule has 0 spiro atoms. The Balaban J connectivity index is 2.74. The van der Waals surface area contributed by atoms with Gasteiger partial charge in [-0.15, -0.1) is 0 Å². The van der Waals surface area contributed by atoms with Crippen LogP contribution in [0.25, 0.3) is 0 Å². The Morgan fingerprint density at radius 1 is 1.59 bits per heavy atom.